The summed E-state index contributed by atoms with van der Waals surface area (Å²) in [4.78, 5) is 0. The number of hydrogen-bond acceptors (Lipinski definition) is 1. The molecule has 2 rings (SSSR count). The minimum absolute atomic E-state index is 1.12. The first-order valence-corrected chi connectivity index (χ1v) is 4.66. The van der Waals surface area contributed by atoms with Crippen molar-refractivity contribution in [3.05, 3.63) is 15.5 Å². The van der Waals surface area contributed by atoms with Crippen LogP contribution in [0.15, 0.2) is 6.07 Å². The van der Waals surface area contributed by atoms with Gasteiger partial charge < -0.3 is 0 Å². The number of aromatic nitrogens is 2. The molecule has 0 amide bonds. The van der Waals surface area contributed by atoms with Gasteiger partial charge in [-0.3, -0.25) is 4.68 Å². The summed E-state index contributed by atoms with van der Waals surface area (Å²) in [7, 11) is 0. The van der Waals surface area contributed by atoms with E-state index in [1.54, 1.807) is 0 Å². The minimum Gasteiger partial charge on any atom is -0.269 e. The van der Waals surface area contributed by atoms with E-state index in [1.807, 2.05) is 0 Å². The van der Waals surface area contributed by atoms with Gasteiger partial charge in [-0.05, 0) is 47.9 Å². The maximum Gasteiger partial charge on any atom is 0.123 e. The number of aryl methyl sites for hydroxylation is 2. The van der Waals surface area contributed by atoms with Gasteiger partial charge in [-0.25, -0.2) is 0 Å². The smallest absolute Gasteiger partial charge is 0.123 e. The second-order valence-electron chi connectivity index (χ2n) is 2.64. The van der Waals surface area contributed by atoms with Crippen molar-refractivity contribution in [2.24, 2.45) is 0 Å². The summed E-state index contributed by atoms with van der Waals surface area (Å²) >= 11 is 2.27. The Morgan fingerprint density at radius 2 is 2.40 bits per heavy atom. The highest BCUT2D eigenvalue weighted by atomic mass is 127. The van der Waals surface area contributed by atoms with E-state index in [0.717, 1.165) is 10.2 Å². The Morgan fingerprint density at radius 1 is 1.50 bits per heavy atom. The monoisotopic (exact) mass is 248 g/mol. The highest BCUT2D eigenvalue weighted by Crippen LogP contribution is 2.15. The molecule has 0 fully saturated rings. The highest BCUT2D eigenvalue weighted by molar-refractivity contribution is 14.1. The molecular formula is C7H9IN2. The Morgan fingerprint density at radius 3 is 3.20 bits per heavy atom. The van der Waals surface area contributed by atoms with Crippen LogP contribution in [0.25, 0.3) is 0 Å². The van der Waals surface area contributed by atoms with Gasteiger partial charge in [0.05, 0.1) is 0 Å². The largest absolute Gasteiger partial charge is 0.269 e. The van der Waals surface area contributed by atoms with E-state index in [9.17, 15) is 0 Å². The zero-order chi connectivity index (χ0) is 6.97. The predicted molar refractivity (Wildman–Crippen MR) is 47.9 cm³/mol. The first kappa shape index (κ1) is 6.64. The average Bonchev–Trinajstić information content (AvgIpc) is 2.27. The standard InChI is InChI=1S/C7H9IN2/c8-7-5-6-3-1-2-4-10(6)9-7/h5H,1-4H2. The lowest BCUT2D eigenvalue weighted by Gasteiger charge is -2.11. The molecular weight excluding hydrogens is 239 g/mol. The van der Waals surface area contributed by atoms with Crippen molar-refractivity contribution in [2.45, 2.75) is 25.8 Å². The normalized spacial score (nSPS) is 16.9. The van der Waals surface area contributed by atoms with Gasteiger partial charge >= 0.3 is 0 Å². The molecule has 3 heteroatoms. The van der Waals surface area contributed by atoms with Crippen LogP contribution < -0.4 is 0 Å². The van der Waals surface area contributed by atoms with Crippen LogP contribution in [0.2, 0.25) is 0 Å². The maximum atomic E-state index is 4.35. The van der Waals surface area contributed by atoms with E-state index in [4.69, 9.17) is 0 Å². The Bertz CT molecular complexity index is 218. The SMILES string of the molecule is Ic1cc2n(n1)CCCC2. The van der Waals surface area contributed by atoms with E-state index >= 15 is 0 Å². The Balaban J connectivity index is 2.41. The van der Waals surface area contributed by atoms with E-state index in [0.29, 0.717) is 0 Å². The molecule has 1 aromatic rings. The summed E-state index contributed by atoms with van der Waals surface area (Å²) in [6.45, 7) is 1.12. The molecule has 54 valence electrons. The molecule has 2 nitrogen and oxygen atoms in total. The van der Waals surface area contributed by atoms with Crippen LogP contribution in [0.1, 0.15) is 18.5 Å². The van der Waals surface area contributed by atoms with E-state index < -0.39 is 0 Å². The minimum atomic E-state index is 1.12. The van der Waals surface area contributed by atoms with Crippen LogP contribution in [-0.4, -0.2) is 9.78 Å². The number of nitrogens with zero attached hydrogens (tertiary/aromatic N) is 2. The topological polar surface area (TPSA) is 17.8 Å². The summed E-state index contributed by atoms with van der Waals surface area (Å²) in [6.07, 6.45) is 3.85. The van der Waals surface area contributed by atoms with Crippen LogP contribution in [-0.2, 0) is 13.0 Å². The highest BCUT2D eigenvalue weighted by Gasteiger charge is 2.09. The third-order valence-corrected chi connectivity index (χ3v) is 2.41. The van der Waals surface area contributed by atoms with Crippen LogP contribution >= 0.6 is 22.6 Å². The van der Waals surface area contributed by atoms with Gasteiger partial charge in [-0.1, -0.05) is 0 Å². The summed E-state index contributed by atoms with van der Waals surface area (Å²) in [5, 5.41) is 4.35. The van der Waals surface area contributed by atoms with Crippen LogP contribution in [0.4, 0.5) is 0 Å². The summed E-state index contributed by atoms with van der Waals surface area (Å²) in [5.74, 6) is 0. The fourth-order valence-electron chi connectivity index (χ4n) is 1.38. The van der Waals surface area contributed by atoms with Gasteiger partial charge in [-0.2, -0.15) is 5.10 Å². The molecule has 0 spiro atoms. The van der Waals surface area contributed by atoms with Gasteiger partial charge in [-0.15, -0.1) is 0 Å². The Kier molecular flexibility index (Phi) is 1.68. The third kappa shape index (κ3) is 1.07. The lowest BCUT2D eigenvalue weighted by Crippen LogP contribution is -2.10. The van der Waals surface area contributed by atoms with Crippen LogP contribution in [0.5, 0.6) is 0 Å². The molecule has 0 radical (unpaired) electrons. The van der Waals surface area contributed by atoms with Crippen molar-refractivity contribution in [1.29, 1.82) is 0 Å². The van der Waals surface area contributed by atoms with Gasteiger partial charge in [0.1, 0.15) is 3.70 Å². The zero-order valence-electron chi connectivity index (χ0n) is 5.68. The second kappa shape index (κ2) is 2.53. The fraction of sp³-hybridized carbons (Fsp3) is 0.571. The van der Waals surface area contributed by atoms with Gasteiger partial charge in [0.15, 0.2) is 0 Å². The van der Waals surface area contributed by atoms with Crippen molar-refractivity contribution in [3.63, 3.8) is 0 Å². The van der Waals surface area contributed by atoms with Crippen molar-refractivity contribution in [1.82, 2.24) is 9.78 Å². The summed E-state index contributed by atoms with van der Waals surface area (Å²) < 4.78 is 3.26. The van der Waals surface area contributed by atoms with Crippen molar-refractivity contribution in [3.8, 4) is 0 Å². The van der Waals surface area contributed by atoms with E-state index in [-0.39, 0.29) is 0 Å². The number of rotatable bonds is 0. The summed E-state index contributed by atoms with van der Waals surface area (Å²) in [5.41, 5.74) is 1.41. The third-order valence-electron chi connectivity index (χ3n) is 1.89. The molecule has 0 saturated carbocycles. The van der Waals surface area contributed by atoms with E-state index in [2.05, 4.69) is 38.4 Å². The van der Waals surface area contributed by atoms with Crippen LogP contribution in [0.3, 0.4) is 0 Å². The predicted octanol–water partition coefficient (Wildman–Crippen LogP) is 1.82. The van der Waals surface area contributed by atoms with Gasteiger partial charge in [0.25, 0.3) is 0 Å². The molecule has 0 unspecified atom stereocenters. The number of halogens is 1. The van der Waals surface area contributed by atoms with Gasteiger partial charge in [0, 0.05) is 12.2 Å². The molecule has 0 aliphatic carbocycles. The molecule has 0 atom stereocenters. The lowest BCUT2D eigenvalue weighted by atomic mass is 10.1. The molecule has 2 heterocycles. The van der Waals surface area contributed by atoms with Crippen molar-refractivity contribution < 1.29 is 0 Å². The molecule has 0 bridgehead atoms. The molecule has 1 aliphatic rings. The van der Waals surface area contributed by atoms with Crippen molar-refractivity contribution >= 4 is 22.6 Å². The molecule has 0 N–H and O–H groups in total. The molecule has 10 heavy (non-hydrogen) atoms. The molecule has 0 aromatic carbocycles. The van der Waals surface area contributed by atoms with Crippen LogP contribution in [0, 0.1) is 3.70 Å². The second-order valence-corrected chi connectivity index (χ2v) is 3.74. The van der Waals surface area contributed by atoms with E-state index in [1.165, 1.54) is 25.0 Å². The zero-order valence-corrected chi connectivity index (χ0v) is 7.84. The Hall–Kier alpha value is -0.0600. The molecule has 1 aromatic heterocycles. The number of fused-ring (bicyclic) bond motifs is 1. The average molecular weight is 248 g/mol. The number of hydrogen-bond donors (Lipinski definition) is 0. The lowest BCUT2D eigenvalue weighted by molar-refractivity contribution is 0.485. The Labute approximate surface area is 73.8 Å². The maximum absolute atomic E-state index is 4.35. The quantitative estimate of drug-likeness (QED) is 0.640. The molecule has 0 saturated heterocycles. The first-order chi connectivity index (χ1) is 4.86. The summed E-state index contributed by atoms with van der Waals surface area (Å²) in [6, 6.07) is 2.18. The fourth-order valence-corrected chi connectivity index (χ4v) is 2.00. The first-order valence-electron chi connectivity index (χ1n) is 3.58. The van der Waals surface area contributed by atoms with Gasteiger partial charge in [0.2, 0.25) is 0 Å². The molecule has 1 aliphatic heterocycles. The van der Waals surface area contributed by atoms with Crippen molar-refractivity contribution in [2.75, 3.05) is 0 Å².